The van der Waals surface area contributed by atoms with E-state index in [0.29, 0.717) is 11.2 Å². The van der Waals surface area contributed by atoms with Gasteiger partial charge in [0.05, 0.1) is 12.9 Å². The molecule has 1 aliphatic rings. The molecule has 4 atom stereocenters. The highest BCUT2D eigenvalue weighted by molar-refractivity contribution is 7.45. The van der Waals surface area contributed by atoms with E-state index in [9.17, 15) is 10.2 Å². The minimum atomic E-state index is -4.64. The van der Waals surface area contributed by atoms with Gasteiger partial charge >= 0.3 is 23.5 Å². The summed E-state index contributed by atoms with van der Waals surface area (Å²) >= 11 is 0. The van der Waals surface area contributed by atoms with Crippen LogP contribution in [0.25, 0.3) is 11.2 Å². The van der Waals surface area contributed by atoms with Crippen LogP contribution in [0.2, 0.25) is 0 Å². The number of phosphoric acid groups is 3. The number of aliphatic hydroxyl groups is 3. The van der Waals surface area contributed by atoms with Crippen LogP contribution in [0, 0.1) is 0 Å². The number of fused-ring (bicyclic) bond motifs is 1. The van der Waals surface area contributed by atoms with Crippen molar-refractivity contribution in [1.82, 2.24) is 19.5 Å². The Hall–Kier alpha value is -1.52. The molecular weight excluding hydrogens is 555 g/mol. The third-order valence-corrected chi connectivity index (χ3v) is 3.18. The summed E-state index contributed by atoms with van der Waals surface area (Å²) in [5.41, 5.74) is 6.44. The molecular formula is C10H24N5O17P3. The second-order valence-electron chi connectivity index (χ2n) is 5.85. The summed E-state index contributed by atoms with van der Waals surface area (Å²) in [7, 11) is -13.9. The van der Waals surface area contributed by atoms with Crippen LogP contribution in [0.5, 0.6) is 0 Å². The molecule has 16 N–H and O–H groups in total. The maximum absolute atomic E-state index is 9.95. The van der Waals surface area contributed by atoms with E-state index in [1.54, 1.807) is 0 Å². The number of nitrogen functional groups attached to an aromatic ring is 1. The summed E-state index contributed by atoms with van der Waals surface area (Å²) in [4.78, 5) is 76.6. The van der Waals surface area contributed by atoms with Crippen molar-refractivity contribution in [2.24, 2.45) is 0 Å². The van der Waals surface area contributed by atoms with Gasteiger partial charge in [-0.05, 0) is 0 Å². The number of hydrogen-bond donors (Lipinski definition) is 13. The Morgan fingerprint density at radius 2 is 1.29 bits per heavy atom. The molecule has 0 radical (unpaired) electrons. The standard InChI is InChI=1S/C10H13N5O4.3H3O4P.H2O/c11-8-5-9(13-2-12-8)15(3-14-5)10-7(18)6(17)4(1-16)19-10;3*1-5(2,3)4;/h2-4,6-7,10,16-18H,1H2,(H2,11,12,13);3*(H3,1,2,3,4);1H2/t4-,6-,7+,10-;;;;/m1..../s1. The highest BCUT2D eigenvalue weighted by atomic mass is 31.2. The summed E-state index contributed by atoms with van der Waals surface area (Å²) in [6.45, 7) is -0.390. The van der Waals surface area contributed by atoms with E-state index in [-0.39, 0.29) is 11.3 Å². The van der Waals surface area contributed by atoms with Gasteiger partial charge in [0, 0.05) is 0 Å². The Labute approximate surface area is 193 Å². The molecule has 25 heteroatoms. The fraction of sp³-hybridized carbons (Fsp3) is 0.500. The van der Waals surface area contributed by atoms with E-state index < -0.39 is 54.6 Å². The summed E-state index contributed by atoms with van der Waals surface area (Å²) in [6.07, 6.45) is -1.42. The SMILES string of the molecule is Nc1ncnc2c1ncn2[C@@H]1O[C@H](CO)[C@@H](O)[C@@H]1O.O.O=P(O)(O)O.O=P(O)(O)O.O=P(O)(O)O. The number of imidazole rings is 1. The van der Waals surface area contributed by atoms with Crippen LogP contribution in [0.4, 0.5) is 5.82 Å². The first-order chi connectivity index (χ1) is 15.1. The Morgan fingerprint density at radius 1 is 0.857 bits per heavy atom. The number of anilines is 1. The van der Waals surface area contributed by atoms with E-state index in [2.05, 4.69) is 15.0 Å². The summed E-state index contributed by atoms with van der Waals surface area (Å²) in [5, 5.41) is 28.7. The van der Waals surface area contributed by atoms with Crippen LogP contribution in [-0.2, 0) is 18.4 Å². The molecule has 22 nitrogen and oxygen atoms in total. The lowest BCUT2D eigenvalue weighted by molar-refractivity contribution is -0.0511. The molecule has 3 heterocycles. The van der Waals surface area contributed by atoms with Crippen molar-refractivity contribution in [3.63, 3.8) is 0 Å². The molecule has 2 aromatic rings. The number of aromatic nitrogens is 4. The molecule has 206 valence electrons. The number of rotatable bonds is 2. The lowest BCUT2D eigenvalue weighted by Crippen LogP contribution is -2.33. The van der Waals surface area contributed by atoms with Gasteiger partial charge in [0.1, 0.15) is 30.2 Å². The summed E-state index contributed by atoms with van der Waals surface area (Å²) in [6, 6.07) is 0. The van der Waals surface area contributed by atoms with E-state index in [4.69, 9.17) is 73.3 Å². The third kappa shape index (κ3) is 16.0. The average molecular weight is 579 g/mol. The number of hydrogen-bond acceptors (Lipinski definition) is 11. The van der Waals surface area contributed by atoms with Gasteiger partial charge in [0.2, 0.25) is 0 Å². The first-order valence-electron chi connectivity index (χ1n) is 8.03. The number of nitrogens with two attached hydrogens (primary N) is 1. The fourth-order valence-corrected chi connectivity index (χ4v) is 2.17. The van der Waals surface area contributed by atoms with Crippen molar-refractivity contribution in [2.45, 2.75) is 24.5 Å². The van der Waals surface area contributed by atoms with Crippen LogP contribution >= 0.6 is 23.5 Å². The highest BCUT2D eigenvalue weighted by Gasteiger charge is 2.43. The summed E-state index contributed by atoms with van der Waals surface area (Å²) in [5.74, 6) is 0.218. The van der Waals surface area contributed by atoms with Crippen molar-refractivity contribution in [3.05, 3.63) is 12.7 Å². The van der Waals surface area contributed by atoms with Crippen LogP contribution < -0.4 is 5.73 Å². The molecule has 2 aromatic heterocycles. The molecule has 1 fully saturated rings. The van der Waals surface area contributed by atoms with E-state index >= 15 is 0 Å². The third-order valence-electron chi connectivity index (χ3n) is 3.18. The van der Waals surface area contributed by atoms with Gasteiger partial charge in [-0.3, -0.25) is 4.57 Å². The molecule has 3 rings (SSSR count). The Balaban J connectivity index is 0. The topological polar surface area (TPSA) is 404 Å². The van der Waals surface area contributed by atoms with Gasteiger partial charge < -0.3 is 75.3 Å². The number of aliphatic hydroxyl groups excluding tert-OH is 3. The smallest absolute Gasteiger partial charge is 0.412 e. The van der Waals surface area contributed by atoms with Gasteiger partial charge in [-0.1, -0.05) is 0 Å². The van der Waals surface area contributed by atoms with Crippen molar-refractivity contribution in [2.75, 3.05) is 12.3 Å². The molecule has 0 spiro atoms. The van der Waals surface area contributed by atoms with Crippen molar-refractivity contribution < 1.29 is 83.3 Å². The molecule has 0 amide bonds. The Bertz CT molecular complexity index is 978. The van der Waals surface area contributed by atoms with E-state index in [1.807, 2.05) is 0 Å². The lowest BCUT2D eigenvalue weighted by Gasteiger charge is -2.16. The van der Waals surface area contributed by atoms with E-state index in [1.165, 1.54) is 17.2 Å². The molecule has 0 bridgehead atoms. The largest absolute Gasteiger partial charge is 0.466 e. The average Bonchev–Trinajstić information content (AvgIpc) is 3.13. The number of ether oxygens (including phenoxy) is 1. The normalized spacial score (nSPS) is 21.9. The molecule has 0 aromatic carbocycles. The van der Waals surface area contributed by atoms with Crippen LogP contribution in [0.15, 0.2) is 12.7 Å². The van der Waals surface area contributed by atoms with E-state index in [0.717, 1.165) is 0 Å². The Morgan fingerprint density at radius 3 is 1.66 bits per heavy atom. The predicted molar refractivity (Wildman–Crippen MR) is 109 cm³/mol. The lowest BCUT2D eigenvalue weighted by atomic mass is 10.1. The maximum Gasteiger partial charge on any atom is 0.466 e. The van der Waals surface area contributed by atoms with Gasteiger partial charge in [-0.25, -0.2) is 28.6 Å². The quantitative estimate of drug-likeness (QED) is 0.147. The Kier molecular flexibility index (Phi) is 14.5. The zero-order chi connectivity index (χ0) is 27.1. The zero-order valence-corrected chi connectivity index (χ0v) is 19.6. The molecule has 1 aliphatic heterocycles. The predicted octanol–water partition coefficient (Wildman–Crippen LogP) is -5.59. The van der Waals surface area contributed by atoms with Crippen molar-refractivity contribution >= 4 is 40.4 Å². The monoisotopic (exact) mass is 579 g/mol. The van der Waals surface area contributed by atoms with Gasteiger partial charge in [-0.15, -0.1) is 0 Å². The summed E-state index contributed by atoms with van der Waals surface area (Å²) < 4.78 is 33.5. The van der Waals surface area contributed by atoms with Crippen LogP contribution in [0.3, 0.4) is 0 Å². The van der Waals surface area contributed by atoms with Crippen molar-refractivity contribution in [3.8, 4) is 0 Å². The highest BCUT2D eigenvalue weighted by Crippen LogP contribution is 2.31. The minimum absolute atomic E-state index is 0. The molecule has 1 saturated heterocycles. The molecule has 0 saturated carbocycles. The second-order valence-corrected chi connectivity index (χ2v) is 8.93. The maximum atomic E-state index is 9.95. The molecule has 0 aliphatic carbocycles. The van der Waals surface area contributed by atoms with Crippen LogP contribution in [0.1, 0.15) is 6.23 Å². The van der Waals surface area contributed by atoms with Gasteiger partial charge in [-0.2, -0.15) is 0 Å². The van der Waals surface area contributed by atoms with Gasteiger partial charge in [0.15, 0.2) is 17.7 Å². The first-order valence-corrected chi connectivity index (χ1v) is 12.7. The minimum Gasteiger partial charge on any atom is -0.412 e. The first kappa shape index (κ1) is 35.6. The second kappa shape index (κ2) is 14.3. The van der Waals surface area contributed by atoms with Gasteiger partial charge in [0.25, 0.3) is 0 Å². The molecule has 0 unspecified atom stereocenters. The zero-order valence-electron chi connectivity index (χ0n) is 16.9. The van der Waals surface area contributed by atoms with Crippen LogP contribution in [-0.4, -0.2) is 109 Å². The number of nitrogens with zero attached hydrogens (tertiary/aromatic N) is 4. The van der Waals surface area contributed by atoms with Crippen molar-refractivity contribution in [1.29, 1.82) is 0 Å². The fourth-order valence-electron chi connectivity index (χ4n) is 2.17. The molecule has 35 heavy (non-hydrogen) atoms.